The Morgan fingerprint density at radius 1 is 1.10 bits per heavy atom. The van der Waals surface area contributed by atoms with E-state index in [-0.39, 0.29) is 10.6 Å². The van der Waals surface area contributed by atoms with Crippen molar-refractivity contribution in [3.05, 3.63) is 70.3 Å². The predicted octanol–water partition coefficient (Wildman–Crippen LogP) is 4.01. The summed E-state index contributed by atoms with van der Waals surface area (Å²) in [5, 5.41) is 10.9. The summed E-state index contributed by atoms with van der Waals surface area (Å²) in [7, 11) is 0. The molecule has 4 nitrogen and oxygen atoms in total. The van der Waals surface area contributed by atoms with E-state index in [2.05, 4.69) is 24.0 Å². The Hall–Kier alpha value is -2.36. The van der Waals surface area contributed by atoms with Crippen LogP contribution in [0.5, 0.6) is 0 Å². The van der Waals surface area contributed by atoms with Crippen molar-refractivity contribution in [3.8, 4) is 0 Å². The number of hydrogen-bond acceptors (Lipinski definition) is 3. The van der Waals surface area contributed by atoms with Crippen molar-refractivity contribution in [2.24, 2.45) is 0 Å². The molecule has 0 aliphatic rings. The topological polar surface area (TPSA) is 46.4 Å². The highest BCUT2D eigenvalue weighted by atomic mass is 16.6. The summed E-state index contributed by atoms with van der Waals surface area (Å²) in [5.41, 5.74) is 2.23. The Balaban J connectivity index is 2.24. The van der Waals surface area contributed by atoms with Crippen LogP contribution in [0.4, 0.5) is 11.4 Å². The Morgan fingerprint density at radius 2 is 1.85 bits per heavy atom. The third-order valence-corrected chi connectivity index (χ3v) is 3.12. The van der Waals surface area contributed by atoms with Crippen molar-refractivity contribution in [3.63, 3.8) is 0 Å². The zero-order valence-corrected chi connectivity index (χ0v) is 11.5. The van der Waals surface area contributed by atoms with Gasteiger partial charge < -0.3 is 4.90 Å². The lowest BCUT2D eigenvalue weighted by Crippen LogP contribution is -2.23. The number of rotatable bonds is 6. The number of nitro benzene ring substituents is 1. The van der Waals surface area contributed by atoms with Gasteiger partial charge in [0.2, 0.25) is 0 Å². The van der Waals surface area contributed by atoms with E-state index in [0.717, 1.165) is 25.2 Å². The lowest BCUT2D eigenvalue weighted by atomic mass is 10.2. The Morgan fingerprint density at radius 3 is 2.50 bits per heavy atom. The monoisotopic (exact) mass is 270 g/mol. The van der Waals surface area contributed by atoms with Crippen LogP contribution in [0.15, 0.2) is 54.6 Å². The van der Waals surface area contributed by atoms with E-state index in [4.69, 9.17) is 0 Å². The minimum atomic E-state index is -0.351. The zero-order valence-electron chi connectivity index (χ0n) is 11.5. The highest BCUT2D eigenvalue weighted by Gasteiger charge is 2.11. The van der Waals surface area contributed by atoms with Crippen LogP contribution in [0.3, 0.4) is 0 Å². The Bertz CT molecular complexity index is 570. The molecule has 0 aliphatic carbocycles. The Kier molecular flexibility index (Phi) is 4.71. The van der Waals surface area contributed by atoms with Gasteiger partial charge >= 0.3 is 0 Å². The molecule has 0 N–H and O–H groups in total. The van der Waals surface area contributed by atoms with Crippen LogP contribution in [0.25, 0.3) is 0 Å². The SMILES string of the molecule is CCCN(Cc1ccccc1)c1cccc([N+](=O)[O-])c1. The number of benzene rings is 2. The largest absolute Gasteiger partial charge is 0.367 e. The van der Waals surface area contributed by atoms with Crippen LogP contribution in [0.1, 0.15) is 18.9 Å². The van der Waals surface area contributed by atoms with Crippen molar-refractivity contribution in [2.75, 3.05) is 11.4 Å². The second kappa shape index (κ2) is 6.70. The van der Waals surface area contributed by atoms with Crippen molar-refractivity contribution in [1.29, 1.82) is 0 Å². The fourth-order valence-corrected chi connectivity index (χ4v) is 2.18. The molecule has 0 spiro atoms. The molecule has 0 atom stereocenters. The zero-order chi connectivity index (χ0) is 14.4. The molecule has 104 valence electrons. The Labute approximate surface area is 118 Å². The van der Waals surface area contributed by atoms with Gasteiger partial charge in [0.25, 0.3) is 5.69 Å². The first-order valence-corrected chi connectivity index (χ1v) is 6.74. The first-order chi connectivity index (χ1) is 9.70. The maximum absolute atomic E-state index is 10.9. The van der Waals surface area contributed by atoms with Crippen molar-refractivity contribution in [1.82, 2.24) is 0 Å². The molecule has 0 aliphatic heterocycles. The van der Waals surface area contributed by atoms with Gasteiger partial charge in [-0.3, -0.25) is 10.1 Å². The van der Waals surface area contributed by atoms with Gasteiger partial charge in [-0.15, -0.1) is 0 Å². The van der Waals surface area contributed by atoms with Crippen LogP contribution in [0, 0.1) is 10.1 Å². The summed E-state index contributed by atoms with van der Waals surface area (Å²) in [4.78, 5) is 12.7. The second-order valence-corrected chi connectivity index (χ2v) is 4.68. The minimum Gasteiger partial charge on any atom is -0.367 e. The molecule has 0 bridgehead atoms. The third-order valence-electron chi connectivity index (χ3n) is 3.12. The molecule has 2 aromatic carbocycles. The summed E-state index contributed by atoms with van der Waals surface area (Å²) in [6, 6.07) is 17.0. The van der Waals surface area contributed by atoms with Gasteiger partial charge in [-0.25, -0.2) is 0 Å². The maximum Gasteiger partial charge on any atom is 0.271 e. The van der Waals surface area contributed by atoms with E-state index < -0.39 is 0 Å². The normalized spacial score (nSPS) is 10.2. The number of nitrogens with zero attached hydrogens (tertiary/aromatic N) is 2. The van der Waals surface area contributed by atoms with Gasteiger partial charge in [-0.05, 0) is 18.1 Å². The maximum atomic E-state index is 10.9. The van der Waals surface area contributed by atoms with Crippen LogP contribution in [-0.4, -0.2) is 11.5 Å². The number of anilines is 1. The smallest absolute Gasteiger partial charge is 0.271 e. The summed E-state index contributed by atoms with van der Waals surface area (Å²) >= 11 is 0. The number of hydrogen-bond donors (Lipinski definition) is 0. The van der Waals surface area contributed by atoms with Crippen LogP contribution < -0.4 is 4.90 Å². The van der Waals surface area contributed by atoms with Gasteiger partial charge in [0.05, 0.1) is 4.92 Å². The molecule has 0 radical (unpaired) electrons. The highest BCUT2D eigenvalue weighted by Crippen LogP contribution is 2.23. The first-order valence-electron chi connectivity index (χ1n) is 6.74. The minimum absolute atomic E-state index is 0.136. The fourth-order valence-electron chi connectivity index (χ4n) is 2.18. The molecular formula is C16H18N2O2. The van der Waals surface area contributed by atoms with Gasteiger partial charge in [0, 0.05) is 30.9 Å². The second-order valence-electron chi connectivity index (χ2n) is 4.68. The standard InChI is InChI=1S/C16H18N2O2/c1-2-11-17(13-14-7-4-3-5-8-14)15-9-6-10-16(12-15)18(19)20/h3-10,12H,2,11,13H2,1H3. The molecular weight excluding hydrogens is 252 g/mol. The van der Waals surface area contributed by atoms with Crippen LogP contribution in [-0.2, 0) is 6.54 Å². The lowest BCUT2D eigenvalue weighted by molar-refractivity contribution is -0.384. The molecule has 20 heavy (non-hydrogen) atoms. The molecule has 0 amide bonds. The van der Waals surface area contributed by atoms with Gasteiger partial charge in [0.15, 0.2) is 0 Å². The first kappa shape index (κ1) is 14.1. The third kappa shape index (κ3) is 3.57. The molecule has 0 aromatic heterocycles. The fraction of sp³-hybridized carbons (Fsp3) is 0.250. The van der Waals surface area contributed by atoms with E-state index in [0.29, 0.717) is 0 Å². The molecule has 0 saturated heterocycles. The average Bonchev–Trinajstić information content (AvgIpc) is 2.48. The molecule has 4 heteroatoms. The van der Waals surface area contributed by atoms with E-state index >= 15 is 0 Å². The van der Waals surface area contributed by atoms with Crippen molar-refractivity contribution < 1.29 is 4.92 Å². The number of non-ortho nitro benzene ring substituents is 1. The quantitative estimate of drug-likeness (QED) is 0.588. The van der Waals surface area contributed by atoms with Crippen molar-refractivity contribution >= 4 is 11.4 Å². The molecule has 0 saturated carbocycles. The lowest BCUT2D eigenvalue weighted by Gasteiger charge is -2.24. The van der Waals surface area contributed by atoms with E-state index in [1.165, 1.54) is 11.6 Å². The molecule has 2 aromatic rings. The summed E-state index contributed by atoms with van der Waals surface area (Å²) in [6.45, 7) is 3.74. The summed E-state index contributed by atoms with van der Waals surface area (Å²) in [5.74, 6) is 0. The van der Waals surface area contributed by atoms with Crippen LogP contribution >= 0.6 is 0 Å². The highest BCUT2D eigenvalue weighted by molar-refractivity contribution is 5.53. The van der Waals surface area contributed by atoms with E-state index in [9.17, 15) is 10.1 Å². The predicted molar refractivity (Wildman–Crippen MR) is 80.9 cm³/mol. The van der Waals surface area contributed by atoms with E-state index in [1.807, 2.05) is 24.3 Å². The molecule has 2 rings (SSSR count). The molecule has 0 unspecified atom stereocenters. The van der Waals surface area contributed by atoms with E-state index in [1.54, 1.807) is 12.1 Å². The van der Waals surface area contributed by atoms with Gasteiger partial charge in [0.1, 0.15) is 0 Å². The molecule has 0 heterocycles. The summed E-state index contributed by atoms with van der Waals surface area (Å²) in [6.07, 6.45) is 0.996. The van der Waals surface area contributed by atoms with Crippen LogP contribution in [0.2, 0.25) is 0 Å². The van der Waals surface area contributed by atoms with Crippen molar-refractivity contribution in [2.45, 2.75) is 19.9 Å². The van der Waals surface area contributed by atoms with Gasteiger partial charge in [-0.1, -0.05) is 43.3 Å². The average molecular weight is 270 g/mol. The van der Waals surface area contributed by atoms with Gasteiger partial charge in [-0.2, -0.15) is 0 Å². The number of nitro groups is 1. The molecule has 0 fully saturated rings. The summed E-state index contributed by atoms with van der Waals surface area (Å²) < 4.78 is 0.